The summed E-state index contributed by atoms with van der Waals surface area (Å²) in [5.41, 5.74) is 1.36. The Balaban J connectivity index is 1.59. The minimum atomic E-state index is -4.35. The molecule has 0 bridgehead atoms. The van der Waals surface area contributed by atoms with Crippen molar-refractivity contribution in [1.82, 2.24) is 14.3 Å². The predicted molar refractivity (Wildman–Crippen MR) is 101 cm³/mol. The summed E-state index contributed by atoms with van der Waals surface area (Å²) in [5, 5.41) is 3.42. The molecule has 1 fully saturated rings. The Morgan fingerprint density at radius 3 is 2.50 bits per heavy atom. The van der Waals surface area contributed by atoms with Crippen LogP contribution in [0, 0.1) is 0 Å². The predicted octanol–water partition coefficient (Wildman–Crippen LogP) is 3.76. The summed E-state index contributed by atoms with van der Waals surface area (Å²) < 4.78 is 45.9. The largest absolute Gasteiger partial charge is 0.416 e. The molecule has 0 radical (unpaired) electrons. The first-order valence-electron chi connectivity index (χ1n) is 9.21. The van der Waals surface area contributed by atoms with Crippen molar-refractivity contribution in [2.24, 2.45) is 0 Å². The van der Waals surface area contributed by atoms with E-state index in [0.29, 0.717) is 17.8 Å². The third-order valence-corrected chi connectivity index (χ3v) is 4.84. The highest BCUT2D eigenvalue weighted by atomic mass is 19.4. The number of nitrogens with zero attached hydrogens (tertiary/aromatic N) is 3. The number of pyridine rings is 1. The summed E-state index contributed by atoms with van der Waals surface area (Å²) >= 11 is 0. The van der Waals surface area contributed by atoms with Crippen LogP contribution in [0.3, 0.4) is 0 Å². The van der Waals surface area contributed by atoms with Crippen LogP contribution in [0.2, 0.25) is 0 Å². The number of hydrogen-bond acceptors (Lipinski definition) is 4. The summed E-state index contributed by atoms with van der Waals surface area (Å²) in [6.07, 6.45) is -2.45. The van der Waals surface area contributed by atoms with E-state index in [0.717, 1.165) is 56.4 Å². The van der Waals surface area contributed by atoms with Crippen molar-refractivity contribution >= 4 is 11.5 Å². The minimum absolute atomic E-state index is 0.641. The highest BCUT2D eigenvalue weighted by molar-refractivity contribution is 5.76. The molecule has 148 valence electrons. The van der Waals surface area contributed by atoms with Gasteiger partial charge in [-0.25, -0.2) is 4.98 Å². The molecule has 0 spiro atoms. The van der Waals surface area contributed by atoms with Gasteiger partial charge in [0.1, 0.15) is 17.2 Å². The molecular weight excluding hydrogens is 369 g/mol. The smallest absolute Gasteiger partial charge is 0.379 e. The van der Waals surface area contributed by atoms with E-state index in [2.05, 4.69) is 15.2 Å². The number of alkyl halides is 3. The van der Waals surface area contributed by atoms with Gasteiger partial charge in [0.25, 0.3) is 0 Å². The number of anilines is 1. The fourth-order valence-corrected chi connectivity index (χ4v) is 3.34. The Hall–Kier alpha value is -2.58. The molecular formula is C20H21F3N4O. The minimum Gasteiger partial charge on any atom is -0.379 e. The average Bonchev–Trinajstić information content (AvgIpc) is 3.07. The Labute approximate surface area is 160 Å². The van der Waals surface area contributed by atoms with Crippen LogP contribution >= 0.6 is 0 Å². The molecule has 1 aromatic carbocycles. The summed E-state index contributed by atoms with van der Waals surface area (Å²) in [5.74, 6) is 0.781. The Morgan fingerprint density at radius 2 is 1.79 bits per heavy atom. The second kappa shape index (κ2) is 7.81. The number of nitrogens with one attached hydrogen (secondary N) is 1. The van der Waals surface area contributed by atoms with Gasteiger partial charge in [0.15, 0.2) is 0 Å². The third kappa shape index (κ3) is 3.98. The molecule has 28 heavy (non-hydrogen) atoms. The molecule has 1 N–H and O–H groups in total. The first-order valence-corrected chi connectivity index (χ1v) is 9.21. The monoisotopic (exact) mass is 390 g/mol. The highest BCUT2D eigenvalue weighted by Gasteiger charge is 2.30. The number of imidazole rings is 1. The van der Waals surface area contributed by atoms with E-state index in [9.17, 15) is 13.2 Å². The lowest BCUT2D eigenvalue weighted by atomic mass is 10.1. The molecule has 1 aliphatic rings. The molecule has 0 amide bonds. The van der Waals surface area contributed by atoms with Gasteiger partial charge < -0.3 is 10.1 Å². The quantitative estimate of drug-likeness (QED) is 0.720. The number of fused-ring (bicyclic) bond motifs is 1. The highest BCUT2D eigenvalue weighted by Crippen LogP contribution is 2.33. The molecule has 0 unspecified atom stereocenters. The first kappa shape index (κ1) is 18.8. The van der Waals surface area contributed by atoms with Gasteiger partial charge in [-0.05, 0) is 24.3 Å². The maximum atomic E-state index is 12.9. The normalized spacial score (nSPS) is 15.8. The van der Waals surface area contributed by atoms with Crippen molar-refractivity contribution in [3.8, 4) is 11.3 Å². The van der Waals surface area contributed by atoms with Gasteiger partial charge in [-0.3, -0.25) is 9.30 Å². The summed E-state index contributed by atoms with van der Waals surface area (Å²) in [6, 6.07) is 10.8. The molecule has 0 saturated carbocycles. The fraction of sp³-hybridized carbons (Fsp3) is 0.350. The van der Waals surface area contributed by atoms with Gasteiger partial charge in [-0.1, -0.05) is 18.2 Å². The maximum absolute atomic E-state index is 12.9. The molecule has 1 saturated heterocycles. The Morgan fingerprint density at radius 1 is 1.04 bits per heavy atom. The van der Waals surface area contributed by atoms with Crippen molar-refractivity contribution in [1.29, 1.82) is 0 Å². The van der Waals surface area contributed by atoms with Crippen LogP contribution in [0.4, 0.5) is 19.0 Å². The molecule has 4 rings (SSSR count). The number of benzene rings is 1. The van der Waals surface area contributed by atoms with Crippen LogP contribution in [0.1, 0.15) is 5.56 Å². The molecule has 3 aromatic rings. The van der Waals surface area contributed by atoms with Crippen molar-refractivity contribution in [2.75, 3.05) is 44.7 Å². The van der Waals surface area contributed by atoms with E-state index < -0.39 is 11.7 Å². The molecule has 8 heteroatoms. The standard InChI is InChI=1S/C20H21F3N4O/c21-20(22,23)16-6-4-15(5-7-16)18-19(27-9-2-1-3-17(27)25-18)24-8-10-26-11-13-28-14-12-26/h1-7,9,24H,8,10-14H2. The molecule has 3 heterocycles. The summed E-state index contributed by atoms with van der Waals surface area (Å²) in [6.45, 7) is 4.85. The zero-order valence-electron chi connectivity index (χ0n) is 15.2. The van der Waals surface area contributed by atoms with Crippen LogP contribution in [-0.4, -0.2) is 53.7 Å². The molecule has 0 aliphatic carbocycles. The van der Waals surface area contributed by atoms with Gasteiger partial charge in [0, 0.05) is 37.9 Å². The SMILES string of the molecule is FC(F)(F)c1ccc(-c2nc3ccccn3c2NCCN2CCOCC2)cc1. The van der Waals surface area contributed by atoms with Crippen molar-refractivity contribution < 1.29 is 17.9 Å². The van der Waals surface area contributed by atoms with Crippen molar-refractivity contribution in [3.05, 3.63) is 54.2 Å². The lowest BCUT2D eigenvalue weighted by Gasteiger charge is -2.26. The number of rotatable bonds is 5. The second-order valence-corrected chi connectivity index (χ2v) is 6.69. The van der Waals surface area contributed by atoms with Gasteiger partial charge in [0.05, 0.1) is 18.8 Å². The molecule has 2 aromatic heterocycles. The number of morpholine rings is 1. The van der Waals surface area contributed by atoms with Gasteiger partial charge >= 0.3 is 6.18 Å². The van der Waals surface area contributed by atoms with E-state index in [1.165, 1.54) is 12.1 Å². The average molecular weight is 390 g/mol. The third-order valence-electron chi connectivity index (χ3n) is 4.84. The topological polar surface area (TPSA) is 41.8 Å². The van der Waals surface area contributed by atoms with E-state index in [-0.39, 0.29) is 0 Å². The van der Waals surface area contributed by atoms with Crippen LogP contribution in [-0.2, 0) is 10.9 Å². The zero-order chi connectivity index (χ0) is 19.6. The summed E-state index contributed by atoms with van der Waals surface area (Å²) in [4.78, 5) is 6.94. The van der Waals surface area contributed by atoms with Crippen molar-refractivity contribution in [3.63, 3.8) is 0 Å². The Bertz CT molecular complexity index is 931. The first-order chi connectivity index (χ1) is 13.5. The van der Waals surface area contributed by atoms with Gasteiger partial charge in [0.2, 0.25) is 0 Å². The number of aromatic nitrogens is 2. The molecule has 1 aliphatic heterocycles. The summed E-state index contributed by atoms with van der Waals surface area (Å²) in [7, 11) is 0. The van der Waals surface area contributed by atoms with E-state index in [1.807, 2.05) is 28.8 Å². The van der Waals surface area contributed by atoms with E-state index in [1.54, 1.807) is 0 Å². The van der Waals surface area contributed by atoms with Crippen molar-refractivity contribution in [2.45, 2.75) is 6.18 Å². The van der Waals surface area contributed by atoms with Crippen LogP contribution in [0.15, 0.2) is 48.7 Å². The zero-order valence-corrected chi connectivity index (χ0v) is 15.2. The fourth-order valence-electron chi connectivity index (χ4n) is 3.34. The number of halogens is 3. The molecule has 0 atom stereocenters. The Kier molecular flexibility index (Phi) is 5.23. The van der Waals surface area contributed by atoms with E-state index in [4.69, 9.17) is 4.74 Å². The second-order valence-electron chi connectivity index (χ2n) is 6.69. The van der Waals surface area contributed by atoms with E-state index >= 15 is 0 Å². The maximum Gasteiger partial charge on any atom is 0.416 e. The van der Waals surface area contributed by atoms with Crippen LogP contribution < -0.4 is 5.32 Å². The lowest BCUT2D eigenvalue weighted by molar-refractivity contribution is -0.137. The van der Waals surface area contributed by atoms with Crippen LogP contribution in [0.25, 0.3) is 16.9 Å². The van der Waals surface area contributed by atoms with Crippen LogP contribution in [0.5, 0.6) is 0 Å². The lowest BCUT2D eigenvalue weighted by Crippen LogP contribution is -2.39. The molecule has 5 nitrogen and oxygen atoms in total. The van der Waals surface area contributed by atoms with Gasteiger partial charge in [-0.2, -0.15) is 13.2 Å². The number of ether oxygens (including phenoxy) is 1. The van der Waals surface area contributed by atoms with Gasteiger partial charge in [-0.15, -0.1) is 0 Å². The number of hydrogen-bond donors (Lipinski definition) is 1.